The quantitative estimate of drug-likeness (QED) is 0.215. The lowest BCUT2D eigenvalue weighted by atomic mass is 10.1. The molecule has 0 aliphatic carbocycles. The molecule has 2 aromatic carbocycles. The molecule has 2 aliphatic rings. The van der Waals surface area contributed by atoms with E-state index in [0.29, 0.717) is 49.6 Å². The minimum absolute atomic E-state index is 0.0996. The van der Waals surface area contributed by atoms with E-state index in [9.17, 15) is 8.78 Å². The Morgan fingerprint density at radius 3 is 1.41 bits per heavy atom. The minimum Gasteiger partial charge on any atom is -0.371 e. The van der Waals surface area contributed by atoms with Crippen LogP contribution in [0.4, 0.5) is 32.1 Å². The van der Waals surface area contributed by atoms with Crippen LogP contribution in [0.15, 0.2) is 61.2 Å². The molecule has 0 unspecified atom stereocenters. The van der Waals surface area contributed by atoms with Gasteiger partial charge in [-0.15, -0.1) is 0 Å². The molecule has 0 radical (unpaired) electrons. The average Bonchev–Trinajstić information content (AvgIpc) is 3.08. The third-order valence-corrected chi connectivity index (χ3v) is 7.31. The van der Waals surface area contributed by atoms with Gasteiger partial charge in [0.1, 0.15) is 11.6 Å². The molecule has 10 nitrogen and oxygen atoms in total. The zero-order valence-corrected chi connectivity index (χ0v) is 24.9. The van der Waals surface area contributed by atoms with Gasteiger partial charge in [0.2, 0.25) is 11.9 Å². The van der Waals surface area contributed by atoms with Gasteiger partial charge in [-0.05, 0) is 59.4 Å². The molecule has 4 heterocycles. The van der Waals surface area contributed by atoms with E-state index in [1.165, 1.54) is 12.1 Å². The molecule has 4 aromatic rings. The fraction of sp³-hybridized carbons (Fsp3) is 0.375. The van der Waals surface area contributed by atoms with E-state index in [1.54, 1.807) is 36.9 Å². The highest BCUT2D eigenvalue weighted by atomic mass is 19.1. The van der Waals surface area contributed by atoms with Crippen molar-refractivity contribution in [3.63, 3.8) is 0 Å². The topological polar surface area (TPSA) is 118 Å². The van der Waals surface area contributed by atoms with Crippen molar-refractivity contribution >= 4 is 23.3 Å². The largest absolute Gasteiger partial charge is 0.371 e. The normalized spacial score (nSPS) is 18.2. The number of aryl methyl sites for hydroxylation is 2. The summed E-state index contributed by atoms with van der Waals surface area (Å²) in [6.07, 6.45) is 8.51. The van der Waals surface area contributed by atoms with Crippen LogP contribution in [0.25, 0.3) is 0 Å². The monoisotopic (exact) mass is 604 g/mol. The van der Waals surface area contributed by atoms with E-state index >= 15 is 0 Å². The van der Waals surface area contributed by atoms with Gasteiger partial charge in [-0.1, -0.05) is 26.0 Å². The van der Waals surface area contributed by atoms with Gasteiger partial charge in [0.25, 0.3) is 0 Å². The fourth-order valence-corrected chi connectivity index (χ4v) is 4.67. The third-order valence-electron chi connectivity index (χ3n) is 7.31. The summed E-state index contributed by atoms with van der Waals surface area (Å²) in [6, 6.07) is 10.1. The van der Waals surface area contributed by atoms with E-state index < -0.39 is 0 Å². The first-order valence-corrected chi connectivity index (χ1v) is 14.9. The molecular formula is C32H38F2N8O2. The predicted octanol–water partition coefficient (Wildman–Crippen LogP) is 5.17. The molecule has 2 saturated heterocycles. The Bertz CT molecular complexity index is 1370. The van der Waals surface area contributed by atoms with E-state index in [0.717, 1.165) is 48.2 Å². The van der Waals surface area contributed by atoms with Gasteiger partial charge in [0.05, 0.1) is 36.8 Å². The number of aromatic nitrogens is 4. The zero-order chi connectivity index (χ0) is 30.7. The molecule has 4 N–H and O–H groups in total. The van der Waals surface area contributed by atoms with Crippen LogP contribution in [0.5, 0.6) is 0 Å². The molecule has 2 aromatic heterocycles. The number of nitrogens with zero attached hydrogens (tertiary/aromatic N) is 4. The second kappa shape index (κ2) is 15.6. The summed E-state index contributed by atoms with van der Waals surface area (Å²) in [5, 5.41) is 12.3. The number of ether oxygens (including phenoxy) is 2. The Morgan fingerprint density at radius 1 is 0.682 bits per heavy atom. The third kappa shape index (κ3) is 8.50. The summed E-state index contributed by atoms with van der Waals surface area (Å²) in [7, 11) is 0. The van der Waals surface area contributed by atoms with Gasteiger partial charge in [0.15, 0.2) is 0 Å². The smallest absolute Gasteiger partial charge is 0.227 e. The van der Waals surface area contributed by atoms with Crippen LogP contribution in [0, 0.1) is 11.6 Å². The molecule has 0 amide bonds. The van der Waals surface area contributed by atoms with Crippen molar-refractivity contribution in [1.82, 2.24) is 30.6 Å². The highest BCUT2D eigenvalue weighted by Gasteiger charge is 2.18. The van der Waals surface area contributed by atoms with Crippen LogP contribution in [0.1, 0.15) is 48.3 Å². The van der Waals surface area contributed by atoms with Crippen molar-refractivity contribution in [2.45, 2.75) is 38.9 Å². The number of nitrogens with one attached hydrogen (secondary N) is 4. The van der Waals surface area contributed by atoms with Gasteiger partial charge >= 0.3 is 0 Å². The van der Waals surface area contributed by atoms with E-state index in [1.807, 2.05) is 26.0 Å². The molecule has 6 rings (SSSR count). The first kappa shape index (κ1) is 31.3. The van der Waals surface area contributed by atoms with Crippen LogP contribution in [0.2, 0.25) is 0 Å². The summed E-state index contributed by atoms with van der Waals surface area (Å²) < 4.78 is 39.7. The van der Waals surface area contributed by atoms with Crippen LogP contribution >= 0.6 is 0 Å². The van der Waals surface area contributed by atoms with Crippen LogP contribution < -0.4 is 21.3 Å². The van der Waals surface area contributed by atoms with Crippen molar-refractivity contribution in [3.8, 4) is 0 Å². The summed E-state index contributed by atoms with van der Waals surface area (Å²) >= 11 is 0. The number of hydrogen-bond acceptors (Lipinski definition) is 10. The van der Waals surface area contributed by atoms with Crippen LogP contribution in [0.3, 0.4) is 0 Å². The molecule has 0 bridgehead atoms. The Hall–Kier alpha value is -4.10. The molecule has 44 heavy (non-hydrogen) atoms. The lowest BCUT2D eigenvalue weighted by molar-refractivity contribution is 0.0275. The second-order valence-electron chi connectivity index (χ2n) is 10.4. The Morgan fingerprint density at radius 2 is 1.09 bits per heavy atom. The average molecular weight is 605 g/mol. The number of hydrogen-bond donors (Lipinski definition) is 4. The van der Waals surface area contributed by atoms with Crippen molar-refractivity contribution in [2.24, 2.45) is 0 Å². The summed E-state index contributed by atoms with van der Waals surface area (Å²) in [6.45, 7) is 8.43. The SMILES string of the molecule is CCc1cnc(Nc2ccc([C@@H]3CNCCO3)cc2F)nc1.CCc1cnc(Nc2ccc([C@H]3CNCCO3)cc2F)nc1. The number of halogens is 2. The van der Waals surface area contributed by atoms with Gasteiger partial charge in [0, 0.05) is 51.0 Å². The maximum absolute atomic E-state index is 14.2. The molecular weight excluding hydrogens is 566 g/mol. The van der Waals surface area contributed by atoms with E-state index in [4.69, 9.17) is 9.47 Å². The summed E-state index contributed by atoms with van der Waals surface area (Å²) in [4.78, 5) is 16.7. The van der Waals surface area contributed by atoms with Crippen molar-refractivity contribution < 1.29 is 18.3 Å². The maximum Gasteiger partial charge on any atom is 0.227 e. The Labute approximate surface area is 256 Å². The Kier molecular flexibility index (Phi) is 11.1. The van der Waals surface area contributed by atoms with Crippen molar-refractivity contribution in [2.75, 3.05) is 50.0 Å². The van der Waals surface area contributed by atoms with Gasteiger partial charge < -0.3 is 30.7 Å². The second-order valence-corrected chi connectivity index (χ2v) is 10.4. The number of rotatable bonds is 8. The maximum atomic E-state index is 14.2. The minimum atomic E-state index is -0.338. The molecule has 0 saturated carbocycles. The molecule has 0 spiro atoms. The molecule has 2 fully saturated rings. The predicted molar refractivity (Wildman–Crippen MR) is 165 cm³/mol. The highest BCUT2D eigenvalue weighted by Crippen LogP contribution is 2.26. The van der Waals surface area contributed by atoms with E-state index in [-0.39, 0.29) is 23.8 Å². The summed E-state index contributed by atoms with van der Waals surface area (Å²) in [5.74, 6) is 0.101. The molecule has 232 valence electrons. The number of anilines is 4. The fourth-order valence-electron chi connectivity index (χ4n) is 4.67. The standard InChI is InChI=1S/2C16H19FN4O/c2*1-2-11-8-19-16(20-9-11)21-14-4-3-12(7-13(14)17)15-10-18-5-6-22-15/h2*3-4,7-9,15,18H,2,5-6,10H2,1H3,(H,19,20,21)/t2*15-/m10/s1. The van der Waals surface area contributed by atoms with Crippen molar-refractivity contribution in [1.29, 1.82) is 0 Å². The lowest BCUT2D eigenvalue weighted by Crippen LogP contribution is -2.33. The molecule has 2 aliphatic heterocycles. The number of morpholine rings is 2. The first-order valence-electron chi connectivity index (χ1n) is 14.9. The molecule has 2 atom stereocenters. The van der Waals surface area contributed by atoms with Gasteiger partial charge in [-0.2, -0.15) is 0 Å². The van der Waals surface area contributed by atoms with Crippen molar-refractivity contribution in [3.05, 3.63) is 95.1 Å². The number of benzene rings is 2. The first-order chi connectivity index (χ1) is 21.5. The molecule has 12 heteroatoms. The lowest BCUT2D eigenvalue weighted by Gasteiger charge is -2.24. The van der Waals surface area contributed by atoms with Crippen LogP contribution in [-0.4, -0.2) is 59.3 Å². The summed E-state index contributed by atoms with van der Waals surface area (Å²) in [5.41, 5.74) is 4.47. The van der Waals surface area contributed by atoms with Gasteiger partial charge in [-0.3, -0.25) is 0 Å². The van der Waals surface area contributed by atoms with Gasteiger partial charge in [-0.25, -0.2) is 28.7 Å². The Balaban J connectivity index is 0.000000175. The van der Waals surface area contributed by atoms with E-state index in [2.05, 4.69) is 41.2 Å². The zero-order valence-electron chi connectivity index (χ0n) is 24.9. The highest BCUT2D eigenvalue weighted by molar-refractivity contribution is 5.56. The van der Waals surface area contributed by atoms with Crippen LogP contribution in [-0.2, 0) is 22.3 Å².